The Morgan fingerprint density at radius 3 is 2.56 bits per heavy atom. The number of carbonyl (C=O) groups is 3. The molecule has 9 heteroatoms. The van der Waals surface area contributed by atoms with Gasteiger partial charge in [-0.15, -0.1) is 0 Å². The van der Waals surface area contributed by atoms with Crippen LogP contribution >= 0.6 is 11.6 Å². The molecule has 7 atom stereocenters. The van der Waals surface area contributed by atoms with Crippen molar-refractivity contribution < 1.29 is 24.2 Å². The quantitative estimate of drug-likeness (QED) is 0.439. The van der Waals surface area contributed by atoms with Crippen LogP contribution in [0.1, 0.15) is 59.8 Å². The first kappa shape index (κ1) is 26.9. The van der Waals surface area contributed by atoms with Gasteiger partial charge in [-0.2, -0.15) is 0 Å². The van der Waals surface area contributed by atoms with E-state index in [4.69, 9.17) is 16.3 Å². The molecule has 1 aromatic carbocycles. The molecule has 4 rings (SSSR count). The van der Waals surface area contributed by atoms with Gasteiger partial charge in [-0.25, -0.2) is 0 Å². The Bertz CT molecular complexity index is 1020. The molecule has 3 amide bonds. The number of hydrogen-bond acceptors (Lipinski definition) is 5. The molecule has 3 fully saturated rings. The second-order valence-corrected chi connectivity index (χ2v) is 10.9. The molecule has 198 valence electrons. The second kappa shape index (κ2) is 10.3. The molecule has 0 saturated carbocycles. The summed E-state index contributed by atoms with van der Waals surface area (Å²) in [5.41, 5.74) is -1.50. The smallest absolute Gasteiger partial charge is 0.250 e. The molecular formula is C27H38ClN3O5. The molecule has 3 aliphatic rings. The highest BCUT2D eigenvalue weighted by atomic mass is 35.5. The van der Waals surface area contributed by atoms with Crippen LogP contribution in [0.3, 0.4) is 0 Å². The number of rotatable bonds is 10. The number of hydrogen-bond donors (Lipinski definition) is 3. The fourth-order valence-corrected chi connectivity index (χ4v) is 6.83. The van der Waals surface area contributed by atoms with Crippen molar-refractivity contribution in [3.8, 4) is 0 Å². The Hall–Kier alpha value is -2.16. The third kappa shape index (κ3) is 4.02. The molecule has 3 heterocycles. The van der Waals surface area contributed by atoms with Crippen LogP contribution < -0.4 is 10.6 Å². The predicted octanol–water partition coefficient (Wildman–Crippen LogP) is 3.37. The number of halogens is 1. The monoisotopic (exact) mass is 519 g/mol. The molecule has 2 unspecified atom stereocenters. The normalized spacial score (nSPS) is 32.3. The Labute approximate surface area is 218 Å². The maximum atomic E-state index is 14.2. The van der Waals surface area contributed by atoms with Crippen LogP contribution in [0.4, 0.5) is 5.69 Å². The molecule has 0 radical (unpaired) electrons. The van der Waals surface area contributed by atoms with Gasteiger partial charge in [0.2, 0.25) is 17.7 Å². The van der Waals surface area contributed by atoms with E-state index in [0.717, 1.165) is 6.42 Å². The van der Waals surface area contributed by atoms with Crippen molar-refractivity contribution >= 4 is 35.0 Å². The zero-order valence-corrected chi connectivity index (χ0v) is 22.3. The van der Waals surface area contributed by atoms with Gasteiger partial charge in [-0.05, 0) is 43.7 Å². The van der Waals surface area contributed by atoms with E-state index in [1.165, 1.54) is 4.90 Å². The number of amides is 3. The third-order valence-electron chi connectivity index (χ3n) is 8.68. The summed E-state index contributed by atoms with van der Waals surface area (Å²) in [5.74, 6) is -2.44. The number of carbonyl (C=O) groups excluding carboxylic acids is 3. The highest BCUT2D eigenvalue weighted by molar-refractivity contribution is 6.33. The van der Waals surface area contributed by atoms with Gasteiger partial charge in [0, 0.05) is 6.54 Å². The third-order valence-corrected chi connectivity index (χ3v) is 9.01. The lowest BCUT2D eigenvalue weighted by molar-refractivity contribution is -0.150. The first-order valence-electron chi connectivity index (χ1n) is 13.2. The molecule has 36 heavy (non-hydrogen) atoms. The van der Waals surface area contributed by atoms with Crippen molar-refractivity contribution in [3.05, 3.63) is 29.3 Å². The topological polar surface area (TPSA) is 108 Å². The predicted molar refractivity (Wildman–Crippen MR) is 137 cm³/mol. The van der Waals surface area contributed by atoms with Gasteiger partial charge in [0.05, 0.1) is 40.8 Å². The number of likely N-dealkylation sites (tertiary alicyclic amines) is 1. The minimum atomic E-state index is -1.15. The van der Waals surface area contributed by atoms with Crippen molar-refractivity contribution in [3.63, 3.8) is 0 Å². The second-order valence-electron chi connectivity index (χ2n) is 10.5. The van der Waals surface area contributed by atoms with Crippen molar-refractivity contribution in [2.24, 2.45) is 17.8 Å². The van der Waals surface area contributed by atoms with Crippen LogP contribution in [-0.2, 0) is 19.1 Å². The van der Waals surface area contributed by atoms with Crippen LogP contribution in [0.25, 0.3) is 0 Å². The zero-order chi connectivity index (χ0) is 26.3. The average Bonchev–Trinajstić information content (AvgIpc) is 3.48. The van der Waals surface area contributed by atoms with Crippen LogP contribution in [-0.4, -0.2) is 64.2 Å². The van der Waals surface area contributed by atoms with E-state index in [1.54, 1.807) is 24.3 Å². The molecule has 2 bridgehead atoms. The number of ether oxygens (including phenoxy) is 1. The minimum absolute atomic E-state index is 0.0607. The Morgan fingerprint density at radius 1 is 1.22 bits per heavy atom. The maximum absolute atomic E-state index is 14.2. The number of fused-ring (bicyclic) bond motifs is 1. The number of nitrogens with zero attached hydrogens (tertiary/aromatic N) is 1. The zero-order valence-electron chi connectivity index (χ0n) is 21.6. The summed E-state index contributed by atoms with van der Waals surface area (Å²) in [4.78, 5) is 43.2. The molecule has 1 aromatic rings. The van der Waals surface area contributed by atoms with Gasteiger partial charge in [-0.3, -0.25) is 14.4 Å². The number of anilines is 1. The molecule has 3 N–H and O–H groups in total. The van der Waals surface area contributed by atoms with Crippen LogP contribution in [0, 0.1) is 17.8 Å². The lowest BCUT2D eigenvalue weighted by atomic mass is 9.65. The van der Waals surface area contributed by atoms with Gasteiger partial charge in [0.15, 0.2) is 0 Å². The summed E-state index contributed by atoms with van der Waals surface area (Å²) in [7, 11) is 0. The van der Waals surface area contributed by atoms with E-state index in [1.807, 2.05) is 27.7 Å². The Morgan fingerprint density at radius 2 is 1.94 bits per heavy atom. The molecule has 3 saturated heterocycles. The van der Waals surface area contributed by atoms with Crippen LogP contribution in [0.15, 0.2) is 24.3 Å². The molecular weight excluding hydrogens is 482 g/mol. The standard InChI is InChI=1S/C27H38ClN3O5/c1-5-14-29-23(33)20-21-25(35)31(19(15-32)16(4)6-2)22(27(21)13-12-26(20,7-3)36-27)24(34)30-18-11-9-8-10-17(18)28/h8-11,16,19-22,32H,5-7,12-15H2,1-4H3,(H,29,33)(H,30,34)/t16-,19-,20-,21-,22?,26+,27?/m0/s1. The summed E-state index contributed by atoms with van der Waals surface area (Å²) < 4.78 is 6.75. The van der Waals surface area contributed by atoms with Gasteiger partial charge >= 0.3 is 0 Å². The molecule has 0 aliphatic carbocycles. The number of para-hydroxylation sites is 1. The first-order chi connectivity index (χ1) is 17.2. The summed E-state index contributed by atoms with van der Waals surface area (Å²) in [6, 6.07) is 5.36. The maximum Gasteiger partial charge on any atom is 0.250 e. The van der Waals surface area contributed by atoms with E-state index in [2.05, 4.69) is 10.6 Å². The van der Waals surface area contributed by atoms with E-state index >= 15 is 0 Å². The molecule has 8 nitrogen and oxygen atoms in total. The highest BCUT2D eigenvalue weighted by Gasteiger charge is 2.79. The SMILES string of the molecule is CCCNC(=O)[C@@H]1[C@H]2C(=O)N([C@@H](CO)[C@@H](C)CC)C(C(=O)Nc3ccccc3Cl)C23CC[C@@]1(CC)O3. The summed E-state index contributed by atoms with van der Waals surface area (Å²) in [6.45, 7) is 8.11. The largest absolute Gasteiger partial charge is 0.394 e. The fourth-order valence-electron chi connectivity index (χ4n) is 6.65. The van der Waals surface area contributed by atoms with E-state index < -0.39 is 41.0 Å². The minimum Gasteiger partial charge on any atom is -0.394 e. The number of nitrogens with one attached hydrogen (secondary N) is 2. The van der Waals surface area contributed by atoms with Gasteiger partial charge < -0.3 is 25.4 Å². The van der Waals surface area contributed by atoms with E-state index in [0.29, 0.717) is 42.9 Å². The lowest BCUT2D eigenvalue weighted by Gasteiger charge is -2.39. The Kier molecular flexibility index (Phi) is 7.70. The van der Waals surface area contributed by atoms with E-state index in [-0.39, 0.29) is 24.3 Å². The van der Waals surface area contributed by atoms with Crippen LogP contribution in [0.2, 0.25) is 5.02 Å². The van der Waals surface area contributed by atoms with Crippen LogP contribution in [0.5, 0.6) is 0 Å². The summed E-state index contributed by atoms with van der Waals surface area (Å²) in [6.07, 6.45) is 3.14. The summed E-state index contributed by atoms with van der Waals surface area (Å²) >= 11 is 6.33. The Balaban J connectivity index is 1.81. The average molecular weight is 520 g/mol. The van der Waals surface area contributed by atoms with Crippen molar-refractivity contribution in [1.29, 1.82) is 0 Å². The van der Waals surface area contributed by atoms with Crippen molar-refractivity contribution in [2.45, 2.75) is 83.1 Å². The lowest BCUT2D eigenvalue weighted by Crippen LogP contribution is -2.57. The van der Waals surface area contributed by atoms with Gasteiger partial charge in [-0.1, -0.05) is 57.8 Å². The first-order valence-corrected chi connectivity index (χ1v) is 13.5. The van der Waals surface area contributed by atoms with Crippen molar-refractivity contribution in [2.75, 3.05) is 18.5 Å². The number of aliphatic hydroxyl groups is 1. The molecule has 1 spiro atoms. The molecule has 3 aliphatic heterocycles. The summed E-state index contributed by atoms with van der Waals surface area (Å²) in [5, 5.41) is 16.7. The number of aliphatic hydroxyl groups excluding tert-OH is 1. The van der Waals surface area contributed by atoms with E-state index in [9.17, 15) is 19.5 Å². The highest BCUT2D eigenvalue weighted by Crippen LogP contribution is 2.64. The number of benzene rings is 1. The van der Waals surface area contributed by atoms with Crippen molar-refractivity contribution in [1.82, 2.24) is 10.2 Å². The molecule has 0 aromatic heterocycles. The fraction of sp³-hybridized carbons (Fsp3) is 0.667. The van der Waals surface area contributed by atoms with Gasteiger partial charge in [0.25, 0.3) is 0 Å². The van der Waals surface area contributed by atoms with Gasteiger partial charge in [0.1, 0.15) is 11.6 Å².